The zero-order valence-corrected chi connectivity index (χ0v) is 12.7. The fourth-order valence-corrected chi connectivity index (χ4v) is 2.35. The minimum absolute atomic E-state index is 0.237. The van der Waals surface area contributed by atoms with Crippen LogP contribution in [0.15, 0.2) is 55.1 Å². The van der Waals surface area contributed by atoms with E-state index >= 15 is 0 Å². The number of anilines is 1. The monoisotopic (exact) mass is 323 g/mol. The Morgan fingerprint density at radius 1 is 1.12 bits per heavy atom. The van der Waals surface area contributed by atoms with Crippen molar-refractivity contribution in [2.75, 3.05) is 5.32 Å². The van der Waals surface area contributed by atoms with Crippen LogP contribution in [-0.4, -0.2) is 29.4 Å². The van der Waals surface area contributed by atoms with Gasteiger partial charge in [-0.05, 0) is 23.8 Å². The third-order valence-electron chi connectivity index (χ3n) is 3.51. The molecule has 0 aliphatic carbocycles. The second-order valence-corrected chi connectivity index (χ2v) is 5.33. The van der Waals surface area contributed by atoms with Crippen LogP contribution in [0.3, 0.4) is 0 Å². The summed E-state index contributed by atoms with van der Waals surface area (Å²) >= 11 is 0. The maximum absolute atomic E-state index is 12.9. The van der Waals surface area contributed by atoms with E-state index in [2.05, 4.69) is 25.5 Å². The van der Waals surface area contributed by atoms with Crippen LogP contribution in [0.5, 0.6) is 0 Å². The van der Waals surface area contributed by atoms with Gasteiger partial charge in [0.2, 0.25) is 5.95 Å². The summed E-state index contributed by atoms with van der Waals surface area (Å²) in [4.78, 5) is 8.40. The summed E-state index contributed by atoms with van der Waals surface area (Å²) in [6.45, 7) is 1.15. The third kappa shape index (κ3) is 3.07. The minimum atomic E-state index is -0.237. The average Bonchev–Trinajstić information content (AvgIpc) is 3.21. The number of hydrogen-bond donors (Lipinski definition) is 1. The molecule has 0 unspecified atom stereocenters. The first-order valence-electron chi connectivity index (χ1n) is 7.43. The topological polar surface area (TPSA) is 72.9 Å². The largest absolute Gasteiger partial charge is 0.349 e. The van der Waals surface area contributed by atoms with Crippen molar-refractivity contribution in [1.29, 1.82) is 0 Å². The van der Waals surface area contributed by atoms with Crippen LogP contribution < -0.4 is 5.32 Å². The number of nitrogens with zero attached hydrogens (tertiary/aromatic N) is 6. The number of fused-ring (bicyclic) bond motifs is 1. The number of aromatic nitrogens is 6. The quantitative estimate of drug-likeness (QED) is 0.609. The van der Waals surface area contributed by atoms with E-state index in [0.29, 0.717) is 24.8 Å². The molecule has 0 amide bonds. The second kappa shape index (κ2) is 6.07. The van der Waals surface area contributed by atoms with Gasteiger partial charge in [0, 0.05) is 30.7 Å². The van der Waals surface area contributed by atoms with Crippen molar-refractivity contribution in [2.45, 2.75) is 13.1 Å². The Hall–Kier alpha value is -3.29. The van der Waals surface area contributed by atoms with Gasteiger partial charge in [-0.25, -0.2) is 13.9 Å². The summed E-state index contributed by atoms with van der Waals surface area (Å²) in [5.74, 6) is 0.825. The molecule has 4 rings (SSSR count). The van der Waals surface area contributed by atoms with E-state index in [1.807, 2.05) is 10.9 Å². The third-order valence-corrected chi connectivity index (χ3v) is 3.51. The van der Waals surface area contributed by atoms with Crippen molar-refractivity contribution >= 4 is 11.7 Å². The molecule has 0 atom stereocenters. The molecule has 7 nitrogen and oxygen atoms in total. The van der Waals surface area contributed by atoms with E-state index < -0.39 is 0 Å². The summed E-state index contributed by atoms with van der Waals surface area (Å²) in [5.41, 5.74) is 2.00. The lowest BCUT2D eigenvalue weighted by Gasteiger charge is -2.01. The number of rotatable bonds is 5. The van der Waals surface area contributed by atoms with Gasteiger partial charge < -0.3 is 5.32 Å². The average molecular weight is 323 g/mol. The van der Waals surface area contributed by atoms with Crippen molar-refractivity contribution in [1.82, 2.24) is 29.4 Å². The molecule has 0 bridgehead atoms. The Morgan fingerprint density at radius 2 is 2.00 bits per heavy atom. The van der Waals surface area contributed by atoms with Crippen LogP contribution >= 0.6 is 0 Å². The lowest BCUT2D eigenvalue weighted by Crippen LogP contribution is -2.01. The van der Waals surface area contributed by atoms with Crippen LogP contribution in [-0.2, 0) is 13.1 Å². The molecule has 3 aromatic heterocycles. The van der Waals surface area contributed by atoms with Gasteiger partial charge in [-0.15, -0.1) is 5.10 Å². The van der Waals surface area contributed by atoms with Crippen molar-refractivity contribution in [2.24, 2.45) is 0 Å². The molecule has 0 aliphatic heterocycles. The predicted octanol–water partition coefficient (Wildman–Crippen LogP) is 2.12. The van der Waals surface area contributed by atoms with Crippen LogP contribution in [0, 0.1) is 5.82 Å². The molecule has 24 heavy (non-hydrogen) atoms. The summed E-state index contributed by atoms with van der Waals surface area (Å²) in [6, 6.07) is 8.20. The van der Waals surface area contributed by atoms with Crippen molar-refractivity contribution < 1.29 is 4.39 Å². The van der Waals surface area contributed by atoms with E-state index in [0.717, 1.165) is 11.1 Å². The zero-order valence-electron chi connectivity index (χ0n) is 12.7. The second-order valence-electron chi connectivity index (χ2n) is 5.33. The molecular weight excluding hydrogens is 309 g/mol. The summed E-state index contributed by atoms with van der Waals surface area (Å²) in [7, 11) is 0. The standard InChI is InChI=1S/C16H14FN7/c17-14-4-2-12(3-5-14)10-23-11-13(9-20-23)8-19-15-21-16-18-6-1-7-24(16)22-15/h1-7,9,11H,8,10H2,(H,19,22). The van der Waals surface area contributed by atoms with Gasteiger partial charge in [0.25, 0.3) is 5.78 Å². The highest BCUT2D eigenvalue weighted by atomic mass is 19.1. The number of benzene rings is 1. The Labute approximate surface area is 136 Å². The highest BCUT2D eigenvalue weighted by molar-refractivity contribution is 5.36. The van der Waals surface area contributed by atoms with E-state index in [9.17, 15) is 4.39 Å². The smallest absolute Gasteiger partial charge is 0.253 e. The lowest BCUT2D eigenvalue weighted by atomic mass is 10.2. The molecule has 3 heterocycles. The molecule has 0 spiro atoms. The molecule has 4 aromatic rings. The maximum Gasteiger partial charge on any atom is 0.253 e. The summed E-state index contributed by atoms with van der Waals surface area (Å²) < 4.78 is 16.3. The fraction of sp³-hybridized carbons (Fsp3) is 0.125. The number of hydrogen-bond acceptors (Lipinski definition) is 5. The highest BCUT2D eigenvalue weighted by Gasteiger charge is 2.05. The van der Waals surface area contributed by atoms with Gasteiger partial charge in [0.1, 0.15) is 5.82 Å². The van der Waals surface area contributed by atoms with E-state index in [1.54, 1.807) is 41.3 Å². The SMILES string of the molecule is Fc1ccc(Cn2cc(CNc3nc4ncccn4n3)cn2)cc1. The zero-order chi connectivity index (χ0) is 16.4. The van der Waals surface area contributed by atoms with Crippen molar-refractivity contribution in [3.8, 4) is 0 Å². The van der Waals surface area contributed by atoms with Gasteiger partial charge in [-0.1, -0.05) is 12.1 Å². The minimum Gasteiger partial charge on any atom is -0.349 e. The Bertz CT molecular complexity index is 925. The van der Waals surface area contributed by atoms with Crippen LogP contribution in [0.2, 0.25) is 0 Å². The molecular formula is C16H14FN7. The van der Waals surface area contributed by atoms with Gasteiger partial charge in [0.05, 0.1) is 12.7 Å². The first-order chi connectivity index (χ1) is 11.8. The van der Waals surface area contributed by atoms with Crippen LogP contribution in [0.25, 0.3) is 5.78 Å². The van der Waals surface area contributed by atoms with E-state index in [1.165, 1.54) is 12.1 Å². The molecule has 0 saturated carbocycles. The van der Waals surface area contributed by atoms with E-state index in [4.69, 9.17) is 0 Å². The van der Waals surface area contributed by atoms with Crippen molar-refractivity contribution in [3.05, 3.63) is 72.1 Å². The van der Waals surface area contributed by atoms with Crippen LogP contribution in [0.4, 0.5) is 10.3 Å². The van der Waals surface area contributed by atoms with Gasteiger partial charge in [0.15, 0.2) is 0 Å². The first-order valence-corrected chi connectivity index (χ1v) is 7.43. The maximum atomic E-state index is 12.9. The molecule has 1 aromatic carbocycles. The molecule has 120 valence electrons. The summed E-state index contributed by atoms with van der Waals surface area (Å²) in [6.07, 6.45) is 7.18. The Morgan fingerprint density at radius 3 is 2.83 bits per heavy atom. The summed E-state index contributed by atoms with van der Waals surface area (Å²) in [5, 5.41) is 11.7. The number of halogens is 1. The molecule has 0 fully saturated rings. The van der Waals surface area contributed by atoms with Gasteiger partial charge in [-0.2, -0.15) is 10.1 Å². The molecule has 0 radical (unpaired) electrons. The Kier molecular flexibility index (Phi) is 3.62. The van der Waals surface area contributed by atoms with Gasteiger partial charge in [-0.3, -0.25) is 4.68 Å². The normalized spacial score (nSPS) is 11.0. The number of nitrogens with one attached hydrogen (secondary N) is 1. The Balaban J connectivity index is 1.40. The van der Waals surface area contributed by atoms with Crippen LogP contribution in [0.1, 0.15) is 11.1 Å². The fourth-order valence-electron chi connectivity index (χ4n) is 2.35. The highest BCUT2D eigenvalue weighted by Crippen LogP contribution is 2.08. The molecule has 0 saturated heterocycles. The molecule has 0 aliphatic rings. The molecule has 8 heteroatoms. The molecule has 1 N–H and O–H groups in total. The first kappa shape index (κ1) is 14.3. The van der Waals surface area contributed by atoms with Gasteiger partial charge >= 0.3 is 0 Å². The van der Waals surface area contributed by atoms with Crippen molar-refractivity contribution in [3.63, 3.8) is 0 Å². The predicted molar refractivity (Wildman–Crippen MR) is 85.8 cm³/mol. The lowest BCUT2D eigenvalue weighted by molar-refractivity contribution is 0.624. The van der Waals surface area contributed by atoms with E-state index in [-0.39, 0.29) is 5.82 Å².